The minimum Gasteiger partial charge on any atom is -0.452 e. The Balaban J connectivity index is 1.96. The van der Waals surface area contributed by atoms with Gasteiger partial charge in [-0.05, 0) is 55.3 Å². The highest BCUT2D eigenvalue weighted by Crippen LogP contribution is 2.16. The standard InChI is InChI=1S/C17H15ClFNO3/c1-10-5-11(2)7-13(6-10)20-16(21)9-23-17(22)14-8-12(18)3-4-15(14)19/h3-8H,9H2,1-2H3,(H,20,21). The third kappa shape index (κ3) is 4.79. The molecule has 2 aromatic carbocycles. The van der Waals surface area contributed by atoms with E-state index in [4.69, 9.17) is 16.3 Å². The van der Waals surface area contributed by atoms with Gasteiger partial charge in [0.1, 0.15) is 5.82 Å². The molecule has 0 heterocycles. The smallest absolute Gasteiger partial charge is 0.341 e. The normalized spacial score (nSPS) is 10.3. The third-order valence-electron chi connectivity index (χ3n) is 2.99. The molecule has 0 spiro atoms. The molecule has 0 bridgehead atoms. The highest BCUT2D eigenvalue weighted by Gasteiger charge is 2.15. The molecule has 1 N–H and O–H groups in total. The van der Waals surface area contributed by atoms with Gasteiger partial charge < -0.3 is 10.1 Å². The van der Waals surface area contributed by atoms with E-state index in [9.17, 15) is 14.0 Å². The minimum absolute atomic E-state index is 0.207. The molecule has 0 saturated carbocycles. The summed E-state index contributed by atoms with van der Waals surface area (Å²) in [5.74, 6) is -2.21. The molecule has 0 aromatic heterocycles. The Morgan fingerprint density at radius 3 is 2.43 bits per heavy atom. The lowest BCUT2D eigenvalue weighted by molar-refractivity contribution is -0.119. The molecule has 0 atom stereocenters. The van der Waals surface area contributed by atoms with E-state index < -0.39 is 24.3 Å². The fraction of sp³-hybridized carbons (Fsp3) is 0.176. The lowest BCUT2D eigenvalue weighted by Gasteiger charge is -2.09. The number of benzene rings is 2. The van der Waals surface area contributed by atoms with Crippen LogP contribution in [0.4, 0.5) is 10.1 Å². The van der Waals surface area contributed by atoms with Crippen LogP contribution in [0.25, 0.3) is 0 Å². The zero-order valence-corrected chi connectivity index (χ0v) is 13.4. The van der Waals surface area contributed by atoms with Crippen molar-refractivity contribution < 1.29 is 18.7 Å². The van der Waals surface area contributed by atoms with E-state index >= 15 is 0 Å². The quantitative estimate of drug-likeness (QED) is 0.862. The minimum atomic E-state index is -0.944. The number of hydrogen-bond donors (Lipinski definition) is 1. The number of rotatable bonds is 4. The number of carbonyl (C=O) groups excluding carboxylic acids is 2. The molecular formula is C17H15ClFNO3. The van der Waals surface area contributed by atoms with Crippen LogP contribution in [0.1, 0.15) is 21.5 Å². The van der Waals surface area contributed by atoms with E-state index in [-0.39, 0.29) is 10.6 Å². The van der Waals surface area contributed by atoms with Crippen LogP contribution >= 0.6 is 11.6 Å². The van der Waals surface area contributed by atoms with Crippen molar-refractivity contribution >= 4 is 29.2 Å². The molecule has 0 aliphatic rings. The summed E-state index contributed by atoms with van der Waals surface area (Å²) in [7, 11) is 0. The van der Waals surface area contributed by atoms with E-state index in [0.29, 0.717) is 5.69 Å². The van der Waals surface area contributed by atoms with Gasteiger partial charge in [0.2, 0.25) is 0 Å². The van der Waals surface area contributed by atoms with Gasteiger partial charge in [-0.1, -0.05) is 17.7 Å². The first-order chi connectivity index (χ1) is 10.8. The summed E-state index contributed by atoms with van der Waals surface area (Å²) in [4.78, 5) is 23.6. The average molecular weight is 336 g/mol. The molecule has 1 amide bonds. The second kappa shape index (κ2) is 7.24. The number of anilines is 1. The van der Waals surface area contributed by atoms with Crippen LogP contribution in [-0.2, 0) is 9.53 Å². The van der Waals surface area contributed by atoms with Crippen LogP contribution in [0.3, 0.4) is 0 Å². The second-order valence-corrected chi connectivity index (χ2v) is 5.56. The molecule has 6 heteroatoms. The van der Waals surface area contributed by atoms with Crippen molar-refractivity contribution in [2.75, 3.05) is 11.9 Å². The second-order valence-electron chi connectivity index (χ2n) is 5.12. The maximum Gasteiger partial charge on any atom is 0.341 e. The van der Waals surface area contributed by atoms with Crippen LogP contribution in [0, 0.1) is 19.7 Å². The number of nitrogens with one attached hydrogen (secondary N) is 1. The SMILES string of the molecule is Cc1cc(C)cc(NC(=O)COC(=O)c2cc(Cl)ccc2F)c1. The average Bonchev–Trinajstić information content (AvgIpc) is 2.46. The first-order valence-electron chi connectivity index (χ1n) is 6.85. The van der Waals surface area contributed by atoms with Gasteiger partial charge in [0.25, 0.3) is 5.91 Å². The van der Waals surface area contributed by atoms with Gasteiger partial charge in [0.15, 0.2) is 6.61 Å². The third-order valence-corrected chi connectivity index (χ3v) is 3.22. The Labute approximate surface area is 138 Å². The molecule has 0 saturated heterocycles. The predicted octanol–water partition coefficient (Wildman–Crippen LogP) is 3.89. The summed E-state index contributed by atoms with van der Waals surface area (Å²) in [5.41, 5.74) is 2.30. The lowest BCUT2D eigenvalue weighted by atomic mass is 10.1. The largest absolute Gasteiger partial charge is 0.452 e. The fourth-order valence-electron chi connectivity index (χ4n) is 2.11. The monoisotopic (exact) mass is 335 g/mol. The highest BCUT2D eigenvalue weighted by atomic mass is 35.5. The summed E-state index contributed by atoms with van der Waals surface area (Å²) in [6.07, 6.45) is 0. The van der Waals surface area contributed by atoms with Gasteiger partial charge in [-0.15, -0.1) is 0 Å². The van der Waals surface area contributed by atoms with Crippen molar-refractivity contribution in [3.05, 3.63) is 63.9 Å². The van der Waals surface area contributed by atoms with Crippen molar-refractivity contribution in [2.24, 2.45) is 0 Å². The van der Waals surface area contributed by atoms with Crippen LogP contribution in [0.2, 0.25) is 5.02 Å². The Hall–Kier alpha value is -2.40. The van der Waals surface area contributed by atoms with Crippen LogP contribution < -0.4 is 5.32 Å². The summed E-state index contributed by atoms with van der Waals surface area (Å²) < 4.78 is 18.3. The van der Waals surface area contributed by atoms with Gasteiger partial charge in [-0.2, -0.15) is 0 Å². The predicted molar refractivity (Wildman–Crippen MR) is 86.2 cm³/mol. The Morgan fingerprint density at radius 2 is 1.78 bits per heavy atom. The van der Waals surface area contributed by atoms with Gasteiger partial charge >= 0.3 is 5.97 Å². The van der Waals surface area contributed by atoms with E-state index in [0.717, 1.165) is 23.3 Å². The summed E-state index contributed by atoms with van der Waals surface area (Å²) in [5, 5.41) is 2.83. The number of hydrogen-bond acceptors (Lipinski definition) is 3. The van der Waals surface area contributed by atoms with Gasteiger partial charge in [-0.25, -0.2) is 9.18 Å². The number of amides is 1. The fourth-order valence-corrected chi connectivity index (χ4v) is 2.28. The van der Waals surface area contributed by atoms with Crippen molar-refractivity contribution in [3.8, 4) is 0 Å². The van der Waals surface area contributed by atoms with Gasteiger partial charge in [-0.3, -0.25) is 4.79 Å². The topological polar surface area (TPSA) is 55.4 Å². The van der Waals surface area contributed by atoms with E-state index in [1.165, 1.54) is 6.07 Å². The lowest BCUT2D eigenvalue weighted by Crippen LogP contribution is -2.21. The zero-order valence-electron chi connectivity index (χ0n) is 12.7. The van der Waals surface area contributed by atoms with Crippen molar-refractivity contribution in [3.63, 3.8) is 0 Å². The Bertz CT molecular complexity index is 741. The Morgan fingerprint density at radius 1 is 1.13 bits per heavy atom. The first-order valence-corrected chi connectivity index (χ1v) is 7.23. The van der Waals surface area contributed by atoms with Crippen LogP contribution in [0.5, 0.6) is 0 Å². The molecule has 2 aromatic rings. The molecule has 0 aliphatic carbocycles. The molecule has 0 radical (unpaired) electrons. The van der Waals surface area contributed by atoms with Crippen LogP contribution in [0.15, 0.2) is 36.4 Å². The zero-order chi connectivity index (χ0) is 17.0. The van der Waals surface area contributed by atoms with Crippen molar-refractivity contribution in [1.82, 2.24) is 0 Å². The highest BCUT2D eigenvalue weighted by molar-refractivity contribution is 6.30. The molecule has 120 valence electrons. The molecule has 0 unspecified atom stereocenters. The van der Waals surface area contributed by atoms with Crippen molar-refractivity contribution in [2.45, 2.75) is 13.8 Å². The summed E-state index contributed by atoms with van der Waals surface area (Å²) in [6, 6.07) is 9.10. The molecule has 4 nitrogen and oxygen atoms in total. The van der Waals surface area contributed by atoms with E-state index in [1.54, 1.807) is 12.1 Å². The summed E-state index contributed by atoms with van der Waals surface area (Å²) in [6.45, 7) is 3.30. The molecule has 0 fully saturated rings. The van der Waals surface area contributed by atoms with E-state index in [2.05, 4.69) is 5.32 Å². The van der Waals surface area contributed by atoms with Crippen LogP contribution in [-0.4, -0.2) is 18.5 Å². The Kier molecular flexibility index (Phi) is 5.34. The molecule has 2 rings (SSSR count). The maximum absolute atomic E-state index is 13.5. The summed E-state index contributed by atoms with van der Waals surface area (Å²) >= 11 is 5.71. The number of ether oxygens (including phenoxy) is 1. The first kappa shape index (κ1) is 17.0. The molecular weight excluding hydrogens is 321 g/mol. The number of aryl methyl sites for hydroxylation is 2. The van der Waals surface area contributed by atoms with Gasteiger partial charge in [0, 0.05) is 10.7 Å². The number of carbonyl (C=O) groups is 2. The van der Waals surface area contributed by atoms with Crippen molar-refractivity contribution in [1.29, 1.82) is 0 Å². The number of esters is 1. The van der Waals surface area contributed by atoms with E-state index in [1.807, 2.05) is 19.9 Å². The maximum atomic E-state index is 13.5. The number of halogens is 2. The molecule has 0 aliphatic heterocycles. The van der Waals surface area contributed by atoms with Gasteiger partial charge in [0.05, 0.1) is 5.56 Å². The molecule has 23 heavy (non-hydrogen) atoms.